The maximum Gasteiger partial charge on any atom is 0.302 e. The van der Waals surface area contributed by atoms with Crippen LogP contribution < -0.4 is 0 Å². The zero-order valence-corrected chi connectivity index (χ0v) is 12.8. The first-order valence-corrected chi connectivity index (χ1v) is 5.65. The van der Waals surface area contributed by atoms with Gasteiger partial charge in [0.15, 0.2) is 0 Å². The summed E-state index contributed by atoms with van der Waals surface area (Å²) >= 11 is 0. The largest absolute Gasteiger partial charge is 0.481 e. The summed E-state index contributed by atoms with van der Waals surface area (Å²) < 4.78 is 4.35. The number of carboxylic acid groups (broad SMARTS) is 2. The fourth-order valence-electron chi connectivity index (χ4n) is 0.266. The normalized spacial score (nSPS) is 9.10. The van der Waals surface area contributed by atoms with Gasteiger partial charge in [-0.05, 0) is 13.8 Å². The third-order valence-electron chi connectivity index (χ3n) is 0.690. The number of ether oxygens (including phenoxy) is 1. The number of aliphatic hydroxyl groups is 2. The van der Waals surface area contributed by atoms with Crippen LogP contribution in [0.4, 0.5) is 0 Å². The first kappa shape index (κ1) is 27.4. The summed E-state index contributed by atoms with van der Waals surface area (Å²) in [7, 11) is 0. The molecule has 9 heteroatoms. The summed E-state index contributed by atoms with van der Waals surface area (Å²) in [6, 6.07) is 0. The molecular formula is C12H24O9. The number of carbonyl (C=O) groups is 4. The summed E-state index contributed by atoms with van der Waals surface area (Å²) in [4.78, 5) is 37.5. The van der Waals surface area contributed by atoms with Crippen LogP contribution in [0.2, 0.25) is 0 Å². The Kier molecular flexibility index (Phi) is 26.5. The SMILES string of the molecule is CC(=O)O.CC(=O)O.CC(=O)OCC(O)CO.CC(C)=O. The van der Waals surface area contributed by atoms with Crippen molar-refractivity contribution in [1.29, 1.82) is 0 Å². The number of carboxylic acids is 2. The van der Waals surface area contributed by atoms with Gasteiger partial charge in [-0.1, -0.05) is 0 Å². The van der Waals surface area contributed by atoms with Crippen LogP contribution in [0.15, 0.2) is 0 Å². The highest BCUT2D eigenvalue weighted by atomic mass is 16.5. The molecule has 0 radical (unpaired) electrons. The molecule has 0 aromatic rings. The van der Waals surface area contributed by atoms with E-state index in [0.717, 1.165) is 13.8 Å². The number of aliphatic hydroxyl groups excluding tert-OH is 2. The van der Waals surface area contributed by atoms with Gasteiger partial charge < -0.3 is 30.0 Å². The van der Waals surface area contributed by atoms with Crippen molar-refractivity contribution in [3.63, 3.8) is 0 Å². The molecule has 0 aromatic heterocycles. The van der Waals surface area contributed by atoms with Crippen molar-refractivity contribution in [2.75, 3.05) is 13.2 Å². The topological polar surface area (TPSA) is 158 Å². The second-order valence-corrected chi connectivity index (χ2v) is 3.59. The number of ketones is 1. The van der Waals surface area contributed by atoms with Gasteiger partial charge in [0.05, 0.1) is 6.61 Å². The molecule has 9 nitrogen and oxygen atoms in total. The third-order valence-corrected chi connectivity index (χ3v) is 0.690. The first-order valence-electron chi connectivity index (χ1n) is 5.65. The van der Waals surface area contributed by atoms with E-state index in [9.17, 15) is 9.59 Å². The van der Waals surface area contributed by atoms with Crippen LogP contribution >= 0.6 is 0 Å². The third kappa shape index (κ3) is 184. The highest BCUT2D eigenvalue weighted by molar-refractivity contribution is 5.72. The summed E-state index contributed by atoms with van der Waals surface area (Å²) in [6.07, 6.45) is -0.950. The lowest BCUT2D eigenvalue weighted by Gasteiger charge is -2.05. The number of aliphatic carboxylic acids is 2. The highest BCUT2D eigenvalue weighted by Gasteiger charge is 2.02. The van der Waals surface area contributed by atoms with Crippen LogP contribution in [-0.2, 0) is 23.9 Å². The Morgan fingerprint density at radius 3 is 1.29 bits per heavy atom. The van der Waals surface area contributed by atoms with Crippen molar-refractivity contribution in [3.05, 3.63) is 0 Å². The van der Waals surface area contributed by atoms with Crippen molar-refractivity contribution < 1.29 is 44.3 Å². The lowest BCUT2D eigenvalue weighted by Crippen LogP contribution is -2.20. The predicted molar refractivity (Wildman–Crippen MR) is 72.7 cm³/mol. The molecule has 4 N–H and O–H groups in total. The van der Waals surface area contributed by atoms with E-state index in [1.807, 2.05) is 0 Å². The highest BCUT2D eigenvalue weighted by Crippen LogP contribution is 1.82. The van der Waals surface area contributed by atoms with Crippen molar-refractivity contribution >= 4 is 23.7 Å². The fraction of sp³-hybridized carbons (Fsp3) is 0.667. The van der Waals surface area contributed by atoms with E-state index in [1.165, 1.54) is 20.8 Å². The van der Waals surface area contributed by atoms with E-state index in [2.05, 4.69) is 4.74 Å². The Hall–Kier alpha value is -2.00. The van der Waals surface area contributed by atoms with E-state index in [-0.39, 0.29) is 19.0 Å². The number of rotatable bonds is 3. The molecule has 0 amide bonds. The van der Waals surface area contributed by atoms with Crippen LogP contribution in [0.25, 0.3) is 0 Å². The zero-order chi connectivity index (χ0) is 18.0. The van der Waals surface area contributed by atoms with Gasteiger partial charge in [-0.3, -0.25) is 14.4 Å². The molecule has 0 aliphatic heterocycles. The second kappa shape index (κ2) is 20.3. The Morgan fingerprint density at radius 1 is 0.905 bits per heavy atom. The smallest absolute Gasteiger partial charge is 0.302 e. The van der Waals surface area contributed by atoms with Crippen LogP contribution in [0.5, 0.6) is 0 Å². The van der Waals surface area contributed by atoms with Gasteiger partial charge in [-0.2, -0.15) is 0 Å². The van der Waals surface area contributed by atoms with Crippen LogP contribution in [0, 0.1) is 0 Å². The van der Waals surface area contributed by atoms with Gasteiger partial charge in [0.1, 0.15) is 18.5 Å². The first-order chi connectivity index (χ1) is 9.36. The van der Waals surface area contributed by atoms with Crippen LogP contribution in [0.1, 0.15) is 34.6 Å². The minimum Gasteiger partial charge on any atom is -0.481 e. The maximum absolute atomic E-state index is 10.0. The number of hydrogen-bond acceptors (Lipinski definition) is 7. The molecule has 0 aliphatic carbocycles. The maximum atomic E-state index is 10.0. The standard InChI is InChI=1S/C5H10O4.C3H6O.2C2H4O2/c1-4(7)9-3-5(8)2-6;1-3(2)4;2*1-2(3)4/h5-6,8H,2-3H2,1H3;1-2H3;2*1H3,(H,3,4). The van der Waals surface area contributed by atoms with Gasteiger partial charge in [0, 0.05) is 20.8 Å². The minimum atomic E-state index is -0.950. The quantitative estimate of drug-likeness (QED) is 0.512. The van der Waals surface area contributed by atoms with E-state index >= 15 is 0 Å². The van der Waals surface area contributed by atoms with Gasteiger partial charge >= 0.3 is 5.97 Å². The van der Waals surface area contributed by atoms with E-state index < -0.39 is 24.0 Å². The molecule has 21 heavy (non-hydrogen) atoms. The van der Waals surface area contributed by atoms with Crippen LogP contribution in [0.3, 0.4) is 0 Å². The van der Waals surface area contributed by atoms with E-state index in [4.69, 9.17) is 30.0 Å². The second-order valence-electron chi connectivity index (χ2n) is 3.59. The van der Waals surface area contributed by atoms with Crippen molar-refractivity contribution in [3.8, 4) is 0 Å². The average Bonchev–Trinajstić information content (AvgIpc) is 2.23. The molecule has 1 unspecified atom stereocenters. The average molecular weight is 312 g/mol. The summed E-state index contributed by atoms with van der Waals surface area (Å²) in [5.74, 6) is -1.96. The Balaban J connectivity index is -0.000000102. The predicted octanol–water partition coefficient (Wildman–Crippen LogP) is -0.320. The zero-order valence-electron chi connectivity index (χ0n) is 12.8. The molecule has 0 spiro atoms. The molecule has 0 bridgehead atoms. The number of hydrogen-bond donors (Lipinski definition) is 4. The van der Waals surface area contributed by atoms with Gasteiger partial charge in [-0.15, -0.1) is 0 Å². The molecular weight excluding hydrogens is 288 g/mol. The molecule has 0 saturated heterocycles. The Bertz CT molecular complexity index is 259. The number of esters is 1. The van der Waals surface area contributed by atoms with Gasteiger partial charge in [0.2, 0.25) is 0 Å². The Morgan fingerprint density at radius 2 is 1.14 bits per heavy atom. The Labute approximate surface area is 123 Å². The van der Waals surface area contributed by atoms with Crippen molar-refractivity contribution in [2.45, 2.75) is 40.7 Å². The summed E-state index contributed by atoms with van der Waals surface area (Å²) in [6.45, 7) is 5.95. The molecule has 0 rings (SSSR count). The molecule has 126 valence electrons. The van der Waals surface area contributed by atoms with E-state index in [0.29, 0.717) is 0 Å². The molecule has 0 fully saturated rings. The lowest BCUT2D eigenvalue weighted by molar-refractivity contribution is -0.144. The van der Waals surface area contributed by atoms with Crippen molar-refractivity contribution in [2.24, 2.45) is 0 Å². The van der Waals surface area contributed by atoms with E-state index in [1.54, 1.807) is 0 Å². The van der Waals surface area contributed by atoms with Crippen molar-refractivity contribution in [1.82, 2.24) is 0 Å². The number of Topliss-reactive ketones (excluding diaryl/α,β-unsaturated/α-hetero) is 1. The monoisotopic (exact) mass is 312 g/mol. The number of carbonyl (C=O) groups excluding carboxylic acids is 2. The molecule has 0 heterocycles. The molecule has 0 aromatic carbocycles. The lowest BCUT2D eigenvalue weighted by atomic mass is 10.4. The minimum absolute atomic E-state index is 0.133. The fourth-order valence-corrected chi connectivity index (χ4v) is 0.266. The van der Waals surface area contributed by atoms with Gasteiger partial charge in [-0.25, -0.2) is 0 Å². The van der Waals surface area contributed by atoms with Gasteiger partial charge in [0.25, 0.3) is 11.9 Å². The summed E-state index contributed by atoms with van der Waals surface area (Å²) in [5, 5.41) is 31.6. The van der Waals surface area contributed by atoms with Crippen LogP contribution in [-0.4, -0.2) is 63.4 Å². The summed E-state index contributed by atoms with van der Waals surface area (Å²) in [5.41, 5.74) is 0. The molecule has 0 saturated carbocycles. The molecule has 1 atom stereocenters. The molecule has 0 aliphatic rings.